The fraction of sp³-hybridized carbons (Fsp3) is 0.733. The van der Waals surface area contributed by atoms with Crippen molar-refractivity contribution < 1.29 is 19.1 Å². The van der Waals surface area contributed by atoms with E-state index in [-0.39, 0.29) is 17.1 Å². The third kappa shape index (κ3) is 2.79. The molecule has 1 fully saturated rings. The average molecular weight is 341 g/mol. The summed E-state index contributed by atoms with van der Waals surface area (Å²) in [6.45, 7) is 12.0. The summed E-state index contributed by atoms with van der Waals surface area (Å²) in [5.74, 6) is -0.505. The first-order valence-corrected chi connectivity index (χ1v) is 10.7. The van der Waals surface area contributed by atoms with Crippen molar-refractivity contribution in [3.63, 3.8) is 0 Å². The van der Waals surface area contributed by atoms with Gasteiger partial charge in [-0.3, -0.25) is 9.69 Å². The van der Waals surface area contributed by atoms with Crippen LogP contribution >= 0.6 is 0 Å². The molecule has 7 nitrogen and oxygen atoms in total. The molecule has 130 valence electrons. The van der Waals surface area contributed by atoms with Crippen molar-refractivity contribution in [2.24, 2.45) is 0 Å². The van der Waals surface area contributed by atoms with E-state index < -0.39 is 26.7 Å². The molecule has 0 aromatic carbocycles. The van der Waals surface area contributed by atoms with E-state index >= 15 is 0 Å². The molecule has 3 amide bonds. The molecule has 2 heterocycles. The Labute approximate surface area is 138 Å². The van der Waals surface area contributed by atoms with Gasteiger partial charge in [0, 0.05) is 6.54 Å². The van der Waals surface area contributed by atoms with E-state index in [2.05, 4.69) is 31.4 Å². The van der Waals surface area contributed by atoms with Crippen LogP contribution < -0.4 is 10.6 Å². The molecule has 2 aliphatic heterocycles. The summed E-state index contributed by atoms with van der Waals surface area (Å²) in [5, 5.41) is 14.3. The molecule has 0 aromatic rings. The second-order valence-electron chi connectivity index (χ2n) is 7.69. The lowest BCUT2D eigenvalue weighted by Gasteiger charge is -2.49. The lowest BCUT2D eigenvalue weighted by molar-refractivity contribution is -0.148. The topological polar surface area (TPSA) is 90.9 Å². The molecule has 0 spiro atoms. The number of nitrogens with one attached hydrogen (secondary N) is 2. The number of carbonyl (C=O) groups is 2. The van der Waals surface area contributed by atoms with Crippen molar-refractivity contribution in [1.29, 1.82) is 0 Å². The molecule has 0 aromatic heterocycles. The number of urea groups is 1. The minimum absolute atomic E-state index is 0.111. The highest BCUT2D eigenvalue weighted by Gasteiger charge is 2.59. The van der Waals surface area contributed by atoms with Gasteiger partial charge in [-0.05, 0) is 30.6 Å². The van der Waals surface area contributed by atoms with E-state index in [9.17, 15) is 9.59 Å². The first-order valence-electron chi connectivity index (χ1n) is 7.82. The molecule has 2 atom stereocenters. The second kappa shape index (κ2) is 5.61. The van der Waals surface area contributed by atoms with Gasteiger partial charge in [-0.25, -0.2) is 4.79 Å². The SMILES string of the molecule is CC1=CC2CN(C(=O)N2)C1(O[Si](C)(C)C(C)(C)C)C(=O)NCO. The van der Waals surface area contributed by atoms with Crippen LogP contribution in [0.2, 0.25) is 18.1 Å². The Hall–Kier alpha value is -1.38. The number of amides is 3. The average Bonchev–Trinajstić information content (AvgIpc) is 2.71. The van der Waals surface area contributed by atoms with Gasteiger partial charge in [0.2, 0.25) is 5.72 Å². The van der Waals surface area contributed by atoms with Crippen molar-refractivity contribution in [3.8, 4) is 0 Å². The third-order valence-corrected chi connectivity index (χ3v) is 9.47. The lowest BCUT2D eigenvalue weighted by atomic mass is 9.96. The van der Waals surface area contributed by atoms with Crippen LogP contribution in [0.25, 0.3) is 0 Å². The number of aliphatic hydroxyl groups is 1. The quantitative estimate of drug-likeness (QED) is 0.406. The lowest BCUT2D eigenvalue weighted by Crippen LogP contribution is -2.67. The predicted octanol–water partition coefficient (Wildman–Crippen LogP) is 1.12. The van der Waals surface area contributed by atoms with Gasteiger partial charge in [0.1, 0.15) is 6.73 Å². The van der Waals surface area contributed by atoms with Crippen LogP contribution in [0.1, 0.15) is 27.7 Å². The van der Waals surface area contributed by atoms with Gasteiger partial charge in [-0.2, -0.15) is 0 Å². The molecule has 0 saturated carbocycles. The van der Waals surface area contributed by atoms with Crippen LogP contribution in [0, 0.1) is 0 Å². The molecular formula is C15H27N3O4Si. The Bertz CT molecular complexity index is 555. The smallest absolute Gasteiger partial charge is 0.320 e. The second-order valence-corrected chi connectivity index (χ2v) is 12.4. The van der Waals surface area contributed by atoms with Gasteiger partial charge < -0.3 is 20.2 Å². The van der Waals surface area contributed by atoms with Gasteiger partial charge in [-0.1, -0.05) is 26.8 Å². The van der Waals surface area contributed by atoms with Gasteiger partial charge in [0.15, 0.2) is 8.32 Å². The zero-order valence-corrected chi connectivity index (χ0v) is 15.7. The highest BCUT2D eigenvalue weighted by atomic mass is 28.4. The summed E-state index contributed by atoms with van der Waals surface area (Å²) in [7, 11) is -2.37. The molecule has 1 saturated heterocycles. The number of rotatable bonds is 4. The molecule has 0 radical (unpaired) electrons. The summed E-state index contributed by atoms with van der Waals surface area (Å²) in [4.78, 5) is 26.6. The Kier molecular flexibility index (Phi) is 4.38. The summed E-state index contributed by atoms with van der Waals surface area (Å²) >= 11 is 0. The first kappa shape index (κ1) is 18.0. The summed E-state index contributed by atoms with van der Waals surface area (Å²) in [6, 6.07) is -0.435. The minimum Gasteiger partial charge on any atom is -0.384 e. The minimum atomic E-state index is -2.37. The van der Waals surface area contributed by atoms with Crippen molar-refractivity contribution in [3.05, 3.63) is 11.6 Å². The van der Waals surface area contributed by atoms with E-state index in [0.29, 0.717) is 12.1 Å². The van der Waals surface area contributed by atoms with Gasteiger partial charge in [-0.15, -0.1) is 0 Å². The van der Waals surface area contributed by atoms with Crippen molar-refractivity contribution in [2.75, 3.05) is 13.3 Å². The monoisotopic (exact) mass is 341 g/mol. The Morgan fingerprint density at radius 2 is 2.17 bits per heavy atom. The molecule has 0 aliphatic carbocycles. The van der Waals surface area contributed by atoms with Crippen molar-refractivity contribution in [2.45, 2.75) is 57.6 Å². The zero-order valence-electron chi connectivity index (χ0n) is 14.7. The fourth-order valence-corrected chi connectivity index (χ4v) is 4.16. The van der Waals surface area contributed by atoms with E-state index in [4.69, 9.17) is 9.53 Å². The van der Waals surface area contributed by atoms with E-state index in [1.54, 1.807) is 6.92 Å². The van der Waals surface area contributed by atoms with Gasteiger partial charge >= 0.3 is 6.03 Å². The summed E-state index contributed by atoms with van der Waals surface area (Å²) in [6.07, 6.45) is 1.87. The zero-order chi connectivity index (χ0) is 17.6. The van der Waals surface area contributed by atoms with Crippen LogP contribution in [0.5, 0.6) is 0 Å². The Morgan fingerprint density at radius 1 is 1.57 bits per heavy atom. The van der Waals surface area contributed by atoms with Crippen LogP contribution in [-0.4, -0.2) is 55.3 Å². The first-order chi connectivity index (χ1) is 10.5. The van der Waals surface area contributed by atoms with E-state index in [1.807, 2.05) is 19.2 Å². The highest BCUT2D eigenvalue weighted by Crippen LogP contribution is 2.44. The van der Waals surface area contributed by atoms with Crippen molar-refractivity contribution >= 4 is 20.3 Å². The van der Waals surface area contributed by atoms with Crippen LogP contribution in [0.3, 0.4) is 0 Å². The van der Waals surface area contributed by atoms with Crippen LogP contribution in [-0.2, 0) is 9.22 Å². The van der Waals surface area contributed by atoms with Crippen LogP contribution in [0.4, 0.5) is 4.79 Å². The number of hydrogen-bond donors (Lipinski definition) is 3. The molecule has 2 aliphatic rings. The molecule has 3 N–H and O–H groups in total. The molecular weight excluding hydrogens is 314 g/mol. The number of fused-ring (bicyclic) bond motifs is 2. The standard InChI is InChI=1S/C15H27N3O4Si/c1-10-7-11-8-18(13(21)17-11)15(10,12(20)16-9-19)22-23(5,6)14(2,3)4/h7,11,19H,8-9H2,1-6H3,(H,16,20)(H,17,21). The van der Waals surface area contributed by atoms with E-state index in [1.165, 1.54) is 4.90 Å². The number of carbonyl (C=O) groups excluding carboxylic acids is 2. The maximum Gasteiger partial charge on any atom is 0.320 e. The predicted molar refractivity (Wildman–Crippen MR) is 89.0 cm³/mol. The normalized spacial score (nSPS) is 27.6. The Morgan fingerprint density at radius 3 is 2.70 bits per heavy atom. The van der Waals surface area contributed by atoms with Gasteiger partial charge in [0.25, 0.3) is 5.91 Å². The molecule has 2 rings (SSSR count). The maximum atomic E-state index is 12.8. The highest BCUT2D eigenvalue weighted by molar-refractivity contribution is 6.74. The number of nitrogens with zero attached hydrogens (tertiary/aromatic N) is 1. The summed E-state index contributed by atoms with van der Waals surface area (Å²) < 4.78 is 6.47. The maximum absolute atomic E-state index is 12.8. The van der Waals surface area contributed by atoms with Gasteiger partial charge in [0.05, 0.1) is 6.04 Å². The van der Waals surface area contributed by atoms with Crippen LogP contribution in [0.15, 0.2) is 11.6 Å². The summed E-state index contributed by atoms with van der Waals surface area (Å²) in [5.41, 5.74) is -0.828. The van der Waals surface area contributed by atoms with Crippen molar-refractivity contribution in [1.82, 2.24) is 15.5 Å². The van der Waals surface area contributed by atoms with E-state index in [0.717, 1.165) is 0 Å². The molecule has 2 bridgehead atoms. The molecule has 23 heavy (non-hydrogen) atoms. The number of aliphatic hydroxyl groups excluding tert-OH is 1. The number of hydrogen-bond acceptors (Lipinski definition) is 4. The Balaban J connectivity index is 2.54. The largest absolute Gasteiger partial charge is 0.384 e. The molecule has 2 unspecified atom stereocenters. The fourth-order valence-electron chi connectivity index (χ4n) is 2.75. The molecule has 8 heteroatoms. The third-order valence-electron chi connectivity index (χ3n) is 5.06.